The molecule has 94 valence electrons. The molecule has 0 atom stereocenters. The Morgan fingerprint density at radius 3 is 2.71 bits per heavy atom. The Bertz CT molecular complexity index is 316. The van der Waals surface area contributed by atoms with E-state index in [1.807, 2.05) is 0 Å². The van der Waals surface area contributed by atoms with Crippen molar-refractivity contribution in [1.29, 1.82) is 0 Å². The van der Waals surface area contributed by atoms with E-state index in [1.54, 1.807) is 6.08 Å². The minimum Gasteiger partial charge on any atom is -0.515 e. The zero-order valence-electron chi connectivity index (χ0n) is 10.5. The van der Waals surface area contributed by atoms with Gasteiger partial charge in [0, 0.05) is 12.5 Å². The van der Waals surface area contributed by atoms with E-state index < -0.39 is 0 Å². The third kappa shape index (κ3) is 9.32. The first-order chi connectivity index (χ1) is 8.24. The van der Waals surface area contributed by atoms with E-state index >= 15 is 0 Å². The fourth-order valence-corrected chi connectivity index (χ4v) is 1.50. The maximum Gasteiger partial charge on any atom is 0.118 e. The molecule has 0 rings (SSSR count). The average molecular weight is 234 g/mol. The van der Waals surface area contributed by atoms with Crippen LogP contribution < -0.4 is 0 Å². The van der Waals surface area contributed by atoms with Crippen LogP contribution in [-0.2, 0) is 0 Å². The van der Waals surface area contributed by atoms with Crippen LogP contribution in [0, 0.1) is 12.3 Å². The van der Waals surface area contributed by atoms with Crippen LogP contribution in [0.2, 0.25) is 0 Å². The first kappa shape index (κ1) is 15.4. The summed E-state index contributed by atoms with van der Waals surface area (Å²) in [5.41, 5.74) is 1.10. The van der Waals surface area contributed by atoms with E-state index in [0.717, 1.165) is 50.4 Å². The van der Waals surface area contributed by atoms with Crippen molar-refractivity contribution in [2.45, 2.75) is 45.4 Å². The Hall–Kier alpha value is -1.62. The lowest BCUT2D eigenvalue weighted by Crippen LogP contribution is -1.83. The number of hydrogen-bond acceptors (Lipinski definition) is 2. The number of aliphatic hydroxyl groups is 2. The summed E-state index contributed by atoms with van der Waals surface area (Å²) in [6, 6.07) is 0. The van der Waals surface area contributed by atoms with Crippen LogP contribution in [0.4, 0.5) is 0 Å². The molecule has 0 unspecified atom stereocenters. The van der Waals surface area contributed by atoms with Crippen molar-refractivity contribution >= 4 is 0 Å². The van der Waals surface area contributed by atoms with Crippen LogP contribution >= 0.6 is 0 Å². The first-order valence-electron chi connectivity index (χ1n) is 6.08. The molecule has 2 heteroatoms. The first-order valence-corrected chi connectivity index (χ1v) is 6.08. The number of rotatable bonds is 8. The zero-order chi connectivity index (χ0) is 12.9. The molecule has 2 N–H and O–H groups in total. The Kier molecular flexibility index (Phi) is 9.85. The summed E-state index contributed by atoms with van der Waals surface area (Å²) < 4.78 is 0. The van der Waals surface area contributed by atoms with Crippen LogP contribution in [0.3, 0.4) is 0 Å². The second-order valence-corrected chi connectivity index (χ2v) is 3.86. The molecule has 17 heavy (non-hydrogen) atoms. The molecule has 0 fully saturated rings. The van der Waals surface area contributed by atoms with Crippen LogP contribution in [0.5, 0.6) is 0 Å². The number of aliphatic hydroxyl groups excluding tert-OH is 2. The molecule has 0 aliphatic heterocycles. The maximum atomic E-state index is 9.43. The van der Waals surface area contributed by atoms with Gasteiger partial charge in [0.05, 0.1) is 6.26 Å². The highest BCUT2D eigenvalue weighted by molar-refractivity contribution is 5.25. The van der Waals surface area contributed by atoms with Crippen LogP contribution in [0.1, 0.15) is 45.4 Å². The van der Waals surface area contributed by atoms with E-state index in [1.165, 1.54) is 6.08 Å². The largest absolute Gasteiger partial charge is 0.515 e. The molecule has 0 saturated heterocycles. The van der Waals surface area contributed by atoms with Gasteiger partial charge in [0.1, 0.15) is 5.76 Å². The smallest absolute Gasteiger partial charge is 0.118 e. The lowest BCUT2D eigenvalue weighted by atomic mass is 10.1. The van der Waals surface area contributed by atoms with Gasteiger partial charge in [-0.05, 0) is 37.3 Å². The summed E-state index contributed by atoms with van der Waals surface area (Å²) >= 11 is 0. The van der Waals surface area contributed by atoms with Gasteiger partial charge in [0.15, 0.2) is 0 Å². The van der Waals surface area contributed by atoms with E-state index in [0.29, 0.717) is 0 Å². The van der Waals surface area contributed by atoms with E-state index in [-0.39, 0.29) is 5.76 Å². The number of terminal acetylenes is 1. The fourth-order valence-electron chi connectivity index (χ4n) is 1.50. The quantitative estimate of drug-likeness (QED) is 0.282. The molecule has 0 aromatic heterocycles. The lowest BCUT2D eigenvalue weighted by molar-refractivity contribution is 0.420. The van der Waals surface area contributed by atoms with Crippen LogP contribution in [0.15, 0.2) is 35.8 Å². The highest BCUT2D eigenvalue weighted by atomic mass is 16.3. The highest BCUT2D eigenvalue weighted by Crippen LogP contribution is 2.12. The fraction of sp³-hybridized carbons (Fsp3) is 0.467. The molecule has 0 aliphatic carbocycles. The minimum absolute atomic E-state index is 0.0795. The van der Waals surface area contributed by atoms with Crippen molar-refractivity contribution in [1.82, 2.24) is 0 Å². The molecule has 0 aliphatic rings. The lowest BCUT2D eigenvalue weighted by Gasteiger charge is -2.01. The third-order valence-corrected chi connectivity index (χ3v) is 2.30. The van der Waals surface area contributed by atoms with Gasteiger partial charge < -0.3 is 10.2 Å². The summed E-state index contributed by atoms with van der Waals surface area (Å²) in [5.74, 6) is 2.70. The van der Waals surface area contributed by atoms with Crippen molar-refractivity contribution in [2.75, 3.05) is 0 Å². The van der Waals surface area contributed by atoms with Gasteiger partial charge in [-0.25, -0.2) is 0 Å². The monoisotopic (exact) mass is 234 g/mol. The molecular formula is C15H22O2. The summed E-state index contributed by atoms with van der Waals surface area (Å²) in [6.45, 7) is 2.10. The number of hydrogen-bond donors (Lipinski definition) is 2. The second-order valence-electron chi connectivity index (χ2n) is 3.86. The Labute approximate surface area is 104 Å². The number of unbranched alkanes of at least 4 members (excludes halogenated alkanes) is 3. The second kappa shape index (κ2) is 10.9. The van der Waals surface area contributed by atoms with Crippen molar-refractivity contribution in [3.05, 3.63) is 35.8 Å². The van der Waals surface area contributed by atoms with Crippen molar-refractivity contribution in [2.24, 2.45) is 0 Å². The number of allylic oxidation sites excluding steroid dienone is 4. The van der Waals surface area contributed by atoms with Gasteiger partial charge in [0.25, 0.3) is 0 Å². The molecule has 2 nitrogen and oxygen atoms in total. The Morgan fingerprint density at radius 1 is 1.35 bits per heavy atom. The molecule has 0 radical (unpaired) electrons. The van der Waals surface area contributed by atoms with Crippen molar-refractivity contribution < 1.29 is 10.2 Å². The molecule has 0 heterocycles. The molecule has 0 spiro atoms. The Morgan fingerprint density at radius 2 is 2.12 bits per heavy atom. The van der Waals surface area contributed by atoms with Crippen LogP contribution in [0.25, 0.3) is 0 Å². The van der Waals surface area contributed by atoms with E-state index in [2.05, 4.69) is 18.9 Å². The molecule has 0 aromatic carbocycles. The summed E-state index contributed by atoms with van der Waals surface area (Å²) in [5, 5.41) is 18.0. The molecule has 0 amide bonds. The summed E-state index contributed by atoms with van der Waals surface area (Å²) in [7, 11) is 0. The topological polar surface area (TPSA) is 40.5 Å². The van der Waals surface area contributed by atoms with Crippen molar-refractivity contribution in [3.63, 3.8) is 0 Å². The van der Waals surface area contributed by atoms with Gasteiger partial charge in [-0.2, -0.15) is 0 Å². The normalized spacial score (nSPS) is 12.9. The van der Waals surface area contributed by atoms with Gasteiger partial charge in [0.2, 0.25) is 0 Å². The van der Waals surface area contributed by atoms with Gasteiger partial charge in [-0.3, -0.25) is 0 Å². The van der Waals surface area contributed by atoms with Gasteiger partial charge >= 0.3 is 0 Å². The van der Waals surface area contributed by atoms with E-state index in [9.17, 15) is 5.11 Å². The predicted octanol–water partition coefficient (Wildman–Crippen LogP) is 4.42. The maximum absolute atomic E-state index is 9.43. The molecule has 0 aromatic rings. The summed E-state index contributed by atoms with van der Waals surface area (Å²) in [4.78, 5) is 0. The SMILES string of the molecule is C#CCCCC\C=C(/C=C(O)\C=C\O)CCC. The summed E-state index contributed by atoms with van der Waals surface area (Å²) in [6.07, 6.45) is 17.0. The van der Waals surface area contributed by atoms with Gasteiger partial charge in [-0.1, -0.05) is 19.4 Å². The van der Waals surface area contributed by atoms with E-state index in [4.69, 9.17) is 11.5 Å². The standard InChI is InChI=1S/C15H22O2/c1-3-5-6-7-8-10-14(9-4-2)13-15(17)11-12-16/h1,10-13,16-17H,4-9H2,2H3/b12-11+,14-10-,15-13+. The zero-order valence-corrected chi connectivity index (χ0v) is 10.5. The van der Waals surface area contributed by atoms with Crippen molar-refractivity contribution in [3.8, 4) is 12.3 Å². The van der Waals surface area contributed by atoms with Gasteiger partial charge in [-0.15, -0.1) is 12.3 Å². The van der Waals surface area contributed by atoms with Crippen LogP contribution in [-0.4, -0.2) is 10.2 Å². The highest BCUT2D eigenvalue weighted by Gasteiger charge is 1.94. The third-order valence-electron chi connectivity index (χ3n) is 2.30. The molecule has 0 bridgehead atoms. The Balaban J connectivity index is 4.26. The average Bonchev–Trinajstić information content (AvgIpc) is 2.29. The molecular weight excluding hydrogens is 212 g/mol. The molecule has 0 saturated carbocycles. The minimum atomic E-state index is 0.0795. The predicted molar refractivity (Wildman–Crippen MR) is 72.8 cm³/mol.